The number of nitrogens with one attached hydrogen (secondary N) is 1. The van der Waals surface area contributed by atoms with Crippen molar-refractivity contribution in [2.45, 2.75) is 13.0 Å². The van der Waals surface area contributed by atoms with E-state index in [1.807, 2.05) is 0 Å². The molecule has 1 aliphatic heterocycles. The molecule has 0 aliphatic carbocycles. The van der Waals surface area contributed by atoms with E-state index >= 15 is 0 Å². The predicted molar refractivity (Wildman–Crippen MR) is 81.2 cm³/mol. The van der Waals surface area contributed by atoms with Gasteiger partial charge in [-0.15, -0.1) is 0 Å². The van der Waals surface area contributed by atoms with Gasteiger partial charge in [-0.2, -0.15) is 0 Å². The maximum Gasteiger partial charge on any atom is 0.413 e. The largest absolute Gasteiger partial charge is 0.497 e. The number of ketones is 1. The number of alkyl carbamates (subject to hydrolysis) is 1. The summed E-state index contributed by atoms with van der Waals surface area (Å²) in [5, 5.41) is 2.93. The van der Waals surface area contributed by atoms with E-state index < -0.39 is 12.1 Å². The second-order valence-electron chi connectivity index (χ2n) is 4.20. The van der Waals surface area contributed by atoms with Crippen LogP contribution in [0.3, 0.4) is 0 Å². The van der Waals surface area contributed by atoms with Crippen molar-refractivity contribution in [1.29, 1.82) is 0 Å². The van der Waals surface area contributed by atoms with Crippen molar-refractivity contribution in [3.63, 3.8) is 0 Å². The van der Waals surface area contributed by atoms with E-state index in [-0.39, 0.29) is 12.4 Å². The van der Waals surface area contributed by atoms with Gasteiger partial charge in [0.25, 0.3) is 0 Å². The summed E-state index contributed by atoms with van der Waals surface area (Å²) < 4.78 is 9.82. The quantitative estimate of drug-likeness (QED) is 0.862. The van der Waals surface area contributed by atoms with Gasteiger partial charge >= 0.3 is 6.09 Å². The van der Waals surface area contributed by atoms with E-state index in [1.54, 1.807) is 38.3 Å². The first-order valence-electron chi connectivity index (χ1n) is 6.46. The number of nitrogens with zero attached hydrogens (tertiary/aromatic N) is 1. The zero-order valence-corrected chi connectivity index (χ0v) is 12.6. The van der Waals surface area contributed by atoms with Crippen LogP contribution in [0.15, 0.2) is 29.3 Å². The Balaban J connectivity index is 2.00. The van der Waals surface area contributed by atoms with Gasteiger partial charge in [-0.1, -0.05) is 11.8 Å². The number of Topliss-reactive ketones (excluding diaryl/α,β-unsaturated/α-hetero) is 1. The van der Waals surface area contributed by atoms with E-state index in [0.29, 0.717) is 22.2 Å². The highest BCUT2D eigenvalue weighted by Crippen LogP contribution is 2.21. The minimum atomic E-state index is -0.554. The summed E-state index contributed by atoms with van der Waals surface area (Å²) in [6.45, 7) is 2.01. The molecule has 0 spiro atoms. The third-order valence-electron chi connectivity index (χ3n) is 2.81. The first kappa shape index (κ1) is 15.4. The predicted octanol–water partition coefficient (Wildman–Crippen LogP) is 2.10. The number of rotatable bonds is 4. The summed E-state index contributed by atoms with van der Waals surface area (Å²) in [5.41, 5.74) is 0.572. The van der Waals surface area contributed by atoms with Gasteiger partial charge in [-0.05, 0) is 31.2 Å². The van der Waals surface area contributed by atoms with Crippen LogP contribution in [0.4, 0.5) is 4.79 Å². The molecule has 0 aromatic heterocycles. The molecule has 2 rings (SSSR count). The monoisotopic (exact) mass is 308 g/mol. The number of amidine groups is 1. The Labute approximate surface area is 126 Å². The summed E-state index contributed by atoms with van der Waals surface area (Å²) in [6.07, 6.45) is -0.554. The summed E-state index contributed by atoms with van der Waals surface area (Å²) in [5.74, 6) is 1.12. The van der Waals surface area contributed by atoms with Gasteiger partial charge in [-0.3, -0.25) is 10.1 Å². The number of carbonyl (C=O) groups excluding carboxylic acids is 2. The topological polar surface area (TPSA) is 77.0 Å². The molecule has 0 fully saturated rings. The Morgan fingerprint density at radius 3 is 2.71 bits per heavy atom. The molecule has 1 unspecified atom stereocenters. The van der Waals surface area contributed by atoms with Gasteiger partial charge in [0.1, 0.15) is 11.8 Å². The fraction of sp³-hybridized carbons (Fsp3) is 0.357. The lowest BCUT2D eigenvalue weighted by atomic mass is 10.1. The molecule has 0 saturated carbocycles. The van der Waals surface area contributed by atoms with Gasteiger partial charge < -0.3 is 9.47 Å². The fourth-order valence-electron chi connectivity index (χ4n) is 1.78. The number of thioether (sulfide) groups is 1. The van der Waals surface area contributed by atoms with Crippen LogP contribution in [-0.4, -0.2) is 42.6 Å². The molecule has 1 atom stereocenters. The normalized spacial score (nSPS) is 17.0. The number of ether oxygens (including phenoxy) is 2. The van der Waals surface area contributed by atoms with E-state index in [9.17, 15) is 9.59 Å². The van der Waals surface area contributed by atoms with Crippen LogP contribution < -0.4 is 10.1 Å². The third-order valence-corrected chi connectivity index (χ3v) is 3.78. The second kappa shape index (κ2) is 7.12. The molecule has 1 aliphatic rings. The minimum Gasteiger partial charge on any atom is -0.497 e. The SMILES string of the molecule is CCOC(=O)NC1=NC(C(=O)c2ccc(OC)cc2)CS1. The molecule has 6 nitrogen and oxygen atoms in total. The highest BCUT2D eigenvalue weighted by Gasteiger charge is 2.27. The van der Waals surface area contributed by atoms with Crippen LogP contribution in [0, 0.1) is 0 Å². The molecule has 21 heavy (non-hydrogen) atoms. The molecule has 1 N–H and O–H groups in total. The Bertz CT molecular complexity index is 557. The van der Waals surface area contributed by atoms with Crippen molar-refractivity contribution in [2.75, 3.05) is 19.5 Å². The lowest BCUT2D eigenvalue weighted by Crippen LogP contribution is -2.28. The zero-order chi connectivity index (χ0) is 15.2. The molecule has 1 aromatic rings. The Hall–Kier alpha value is -2.02. The number of hydrogen-bond acceptors (Lipinski definition) is 6. The molecular formula is C14H16N2O4S. The van der Waals surface area contributed by atoms with Crippen LogP contribution in [-0.2, 0) is 4.74 Å². The molecule has 1 aromatic carbocycles. The van der Waals surface area contributed by atoms with Crippen molar-refractivity contribution >= 4 is 28.8 Å². The van der Waals surface area contributed by atoms with Crippen LogP contribution in [0.5, 0.6) is 5.75 Å². The minimum absolute atomic E-state index is 0.0780. The Morgan fingerprint density at radius 2 is 2.10 bits per heavy atom. The number of carbonyl (C=O) groups is 2. The van der Waals surface area contributed by atoms with Crippen molar-refractivity contribution in [2.24, 2.45) is 4.99 Å². The van der Waals surface area contributed by atoms with Crippen molar-refractivity contribution in [3.8, 4) is 5.75 Å². The van der Waals surface area contributed by atoms with Gasteiger partial charge in [0, 0.05) is 11.3 Å². The van der Waals surface area contributed by atoms with Crippen LogP contribution in [0.2, 0.25) is 0 Å². The van der Waals surface area contributed by atoms with E-state index in [2.05, 4.69) is 10.3 Å². The zero-order valence-electron chi connectivity index (χ0n) is 11.8. The van der Waals surface area contributed by atoms with Crippen molar-refractivity contribution in [3.05, 3.63) is 29.8 Å². The molecule has 0 bridgehead atoms. The number of benzene rings is 1. The maximum absolute atomic E-state index is 12.3. The van der Waals surface area contributed by atoms with Gasteiger partial charge in [0.15, 0.2) is 11.0 Å². The van der Waals surface area contributed by atoms with Crippen molar-refractivity contribution < 1.29 is 19.1 Å². The summed E-state index contributed by atoms with van der Waals surface area (Å²) >= 11 is 1.33. The average molecular weight is 308 g/mol. The molecule has 7 heteroatoms. The average Bonchev–Trinajstić information content (AvgIpc) is 2.95. The molecular weight excluding hydrogens is 292 g/mol. The van der Waals surface area contributed by atoms with Gasteiger partial charge in [0.05, 0.1) is 13.7 Å². The number of amides is 1. The third kappa shape index (κ3) is 3.98. The Kier molecular flexibility index (Phi) is 5.21. The van der Waals surface area contributed by atoms with E-state index in [1.165, 1.54) is 11.8 Å². The van der Waals surface area contributed by atoms with Crippen molar-refractivity contribution in [1.82, 2.24) is 5.32 Å². The Morgan fingerprint density at radius 1 is 1.38 bits per heavy atom. The lowest BCUT2D eigenvalue weighted by molar-refractivity contribution is 0.0971. The van der Waals surface area contributed by atoms with Gasteiger partial charge in [0.2, 0.25) is 0 Å². The molecule has 0 radical (unpaired) electrons. The smallest absolute Gasteiger partial charge is 0.413 e. The van der Waals surface area contributed by atoms with E-state index in [4.69, 9.17) is 9.47 Å². The molecule has 1 amide bonds. The molecule has 0 saturated heterocycles. The number of hydrogen-bond donors (Lipinski definition) is 1. The fourth-order valence-corrected chi connectivity index (χ4v) is 2.68. The van der Waals surface area contributed by atoms with E-state index in [0.717, 1.165) is 0 Å². The second-order valence-corrected chi connectivity index (χ2v) is 5.21. The molecule has 1 heterocycles. The standard InChI is InChI=1S/C14H16N2O4S/c1-3-20-14(18)16-13-15-11(8-21-13)12(17)9-4-6-10(19-2)7-5-9/h4-7,11H,3,8H2,1-2H3,(H,15,16,18). The summed E-state index contributed by atoms with van der Waals surface area (Å²) in [4.78, 5) is 27.8. The van der Waals surface area contributed by atoms with Crippen LogP contribution in [0.1, 0.15) is 17.3 Å². The first-order chi connectivity index (χ1) is 10.1. The maximum atomic E-state index is 12.3. The molecule has 112 valence electrons. The highest BCUT2D eigenvalue weighted by molar-refractivity contribution is 8.14. The highest BCUT2D eigenvalue weighted by atomic mass is 32.2. The number of aliphatic imine (C=N–C) groups is 1. The van der Waals surface area contributed by atoms with Crippen LogP contribution in [0.25, 0.3) is 0 Å². The van der Waals surface area contributed by atoms with Crippen LogP contribution >= 0.6 is 11.8 Å². The van der Waals surface area contributed by atoms with Gasteiger partial charge in [-0.25, -0.2) is 9.79 Å². The lowest BCUT2D eigenvalue weighted by Gasteiger charge is -2.06. The summed E-state index contributed by atoms with van der Waals surface area (Å²) in [7, 11) is 1.57. The summed E-state index contributed by atoms with van der Waals surface area (Å²) in [6, 6.07) is 6.39. The first-order valence-corrected chi connectivity index (χ1v) is 7.45. The number of methoxy groups -OCH3 is 1.